The molecule has 1 saturated heterocycles. The Balaban J connectivity index is 1.37. The van der Waals surface area contributed by atoms with E-state index in [1.807, 2.05) is 0 Å². The van der Waals surface area contributed by atoms with E-state index >= 15 is 0 Å². The lowest BCUT2D eigenvalue weighted by Crippen LogP contribution is -2.35. The van der Waals surface area contributed by atoms with Gasteiger partial charge in [-0.25, -0.2) is 4.98 Å². The minimum absolute atomic E-state index is 0.250. The standard InChI is InChI=1S/C22H30N4O/c23-20-21(24-16-25-22(20)27-19-9-5-2-6-10-19)26-13-11-18(12-14-26)15-17-7-3-1-4-8-17/h1,3-4,7-8,16,18-19H,2,5-6,9-15,23H2. The topological polar surface area (TPSA) is 64.3 Å². The van der Waals surface area contributed by atoms with Gasteiger partial charge in [0.1, 0.15) is 18.1 Å². The van der Waals surface area contributed by atoms with Crippen LogP contribution in [0.4, 0.5) is 11.5 Å². The molecule has 1 aromatic heterocycles. The summed E-state index contributed by atoms with van der Waals surface area (Å²) in [4.78, 5) is 11.1. The monoisotopic (exact) mass is 366 g/mol. The first-order chi connectivity index (χ1) is 13.3. The summed E-state index contributed by atoms with van der Waals surface area (Å²) in [5, 5.41) is 0. The minimum atomic E-state index is 0.250. The zero-order valence-corrected chi connectivity index (χ0v) is 16.0. The molecule has 0 atom stereocenters. The van der Waals surface area contributed by atoms with Crippen LogP contribution < -0.4 is 15.4 Å². The number of anilines is 2. The van der Waals surface area contributed by atoms with E-state index in [1.165, 1.54) is 24.8 Å². The quantitative estimate of drug-likeness (QED) is 0.858. The van der Waals surface area contributed by atoms with Gasteiger partial charge in [-0.2, -0.15) is 4.98 Å². The number of nitrogen functional groups attached to an aromatic ring is 1. The van der Waals surface area contributed by atoms with Crippen molar-refractivity contribution in [3.05, 3.63) is 42.2 Å². The van der Waals surface area contributed by atoms with Gasteiger partial charge in [0.15, 0.2) is 5.82 Å². The van der Waals surface area contributed by atoms with Crippen LogP contribution in [0.2, 0.25) is 0 Å². The number of benzene rings is 1. The fraction of sp³-hybridized carbons (Fsp3) is 0.545. The average molecular weight is 367 g/mol. The number of aromatic nitrogens is 2. The Bertz CT molecular complexity index is 722. The Hall–Kier alpha value is -2.30. The van der Waals surface area contributed by atoms with Crippen molar-refractivity contribution >= 4 is 11.5 Å². The van der Waals surface area contributed by atoms with Crippen molar-refractivity contribution in [2.45, 2.75) is 57.5 Å². The Labute approximate surface area is 162 Å². The Morgan fingerprint density at radius 3 is 2.44 bits per heavy atom. The lowest BCUT2D eigenvalue weighted by Gasteiger charge is -2.33. The number of nitrogens with two attached hydrogens (primary N) is 1. The molecule has 144 valence electrons. The number of ether oxygens (including phenoxy) is 1. The summed E-state index contributed by atoms with van der Waals surface area (Å²) in [5.74, 6) is 2.14. The van der Waals surface area contributed by atoms with Gasteiger partial charge in [-0.1, -0.05) is 36.8 Å². The van der Waals surface area contributed by atoms with E-state index in [2.05, 4.69) is 45.2 Å². The predicted molar refractivity (Wildman–Crippen MR) is 109 cm³/mol. The molecule has 1 aliphatic carbocycles. The molecule has 2 aromatic rings. The van der Waals surface area contributed by atoms with E-state index in [0.29, 0.717) is 11.6 Å². The number of nitrogens with zero attached hydrogens (tertiary/aromatic N) is 3. The molecule has 0 radical (unpaired) electrons. The van der Waals surface area contributed by atoms with Gasteiger partial charge in [-0.05, 0) is 56.4 Å². The predicted octanol–water partition coefficient (Wildman–Crippen LogP) is 4.23. The highest BCUT2D eigenvalue weighted by atomic mass is 16.5. The van der Waals surface area contributed by atoms with Gasteiger partial charge >= 0.3 is 0 Å². The van der Waals surface area contributed by atoms with Gasteiger partial charge in [0.25, 0.3) is 0 Å². The van der Waals surface area contributed by atoms with Crippen LogP contribution >= 0.6 is 0 Å². The fourth-order valence-corrected chi connectivity index (χ4v) is 4.35. The Morgan fingerprint density at radius 2 is 1.70 bits per heavy atom. The minimum Gasteiger partial charge on any atom is -0.473 e. The number of rotatable bonds is 5. The molecule has 0 amide bonds. The largest absolute Gasteiger partial charge is 0.473 e. The molecule has 5 nitrogen and oxygen atoms in total. The molecular weight excluding hydrogens is 336 g/mol. The smallest absolute Gasteiger partial charge is 0.242 e. The van der Waals surface area contributed by atoms with Crippen molar-refractivity contribution in [1.29, 1.82) is 0 Å². The second-order valence-corrected chi connectivity index (χ2v) is 7.91. The molecule has 1 aromatic carbocycles. The van der Waals surface area contributed by atoms with Crippen molar-refractivity contribution in [3.63, 3.8) is 0 Å². The summed E-state index contributed by atoms with van der Waals surface area (Å²) in [6.07, 6.45) is 11.3. The van der Waals surface area contributed by atoms with Crippen LogP contribution in [0.15, 0.2) is 36.7 Å². The maximum Gasteiger partial charge on any atom is 0.242 e. The highest BCUT2D eigenvalue weighted by molar-refractivity contribution is 5.67. The van der Waals surface area contributed by atoms with Gasteiger partial charge in [0, 0.05) is 13.1 Å². The van der Waals surface area contributed by atoms with E-state index in [-0.39, 0.29) is 6.10 Å². The van der Waals surface area contributed by atoms with Gasteiger partial charge in [-0.15, -0.1) is 0 Å². The summed E-state index contributed by atoms with van der Waals surface area (Å²) < 4.78 is 6.11. The van der Waals surface area contributed by atoms with Crippen LogP contribution in [0.5, 0.6) is 5.88 Å². The third kappa shape index (κ3) is 4.52. The summed E-state index contributed by atoms with van der Waals surface area (Å²) in [7, 11) is 0. The van der Waals surface area contributed by atoms with Crippen molar-refractivity contribution in [2.24, 2.45) is 5.92 Å². The molecule has 27 heavy (non-hydrogen) atoms. The van der Waals surface area contributed by atoms with Crippen LogP contribution in [-0.4, -0.2) is 29.2 Å². The van der Waals surface area contributed by atoms with Crippen molar-refractivity contribution in [2.75, 3.05) is 23.7 Å². The normalized spacial score (nSPS) is 19.2. The third-order valence-corrected chi connectivity index (χ3v) is 5.94. The van der Waals surface area contributed by atoms with Crippen LogP contribution in [0.3, 0.4) is 0 Å². The molecule has 0 bridgehead atoms. The SMILES string of the molecule is Nc1c(OC2CCCCC2)ncnc1N1CCC(Cc2ccccc2)CC1. The third-order valence-electron chi connectivity index (χ3n) is 5.94. The van der Waals surface area contributed by atoms with E-state index in [4.69, 9.17) is 10.5 Å². The van der Waals surface area contributed by atoms with E-state index in [0.717, 1.165) is 56.9 Å². The van der Waals surface area contributed by atoms with Crippen molar-refractivity contribution in [3.8, 4) is 5.88 Å². The summed E-state index contributed by atoms with van der Waals surface area (Å²) in [6, 6.07) is 10.8. The zero-order chi connectivity index (χ0) is 18.5. The molecule has 2 aliphatic rings. The molecule has 4 rings (SSSR count). The van der Waals surface area contributed by atoms with Crippen LogP contribution in [0, 0.1) is 5.92 Å². The summed E-state index contributed by atoms with van der Waals surface area (Å²) in [6.45, 7) is 1.98. The molecule has 0 spiro atoms. The maximum atomic E-state index is 6.40. The average Bonchev–Trinajstić information content (AvgIpc) is 2.72. The van der Waals surface area contributed by atoms with Gasteiger partial charge in [0.2, 0.25) is 5.88 Å². The highest BCUT2D eigenvalue weighted by Crippen LogP contribution is 2.33. The first-order valence-electron chi connectivity index (χ1n) is 10.4. The lowest BCUT2D eigenvalue weighted by atomic mass is 9.90. The van der Waals surface area contributed by atoms with Crippen LogP contribution in [-0.2, 0) is 6.42 Å². The number of hydrogen-bond acceptors (Lipinski definition) is 5. The van der Waals surface area contributed by atoms with E-state index in [1.54, 1.807) is 6.33 Å². The van der Waals surface area contributed by atoms with Crippen molar-refractivity contribution in [1.82, 2.24) is 9.97 Å². The first kappa shape index (κ1) is 18.1. The van der Waals surface area contributed by atoms with Crippen molar-refractivity contribution < 1.29 is 4.74 Å². The maximum absolute atomic E-state index is 6.40. The van der Waals surface area contributed by atoms with E-state index < -0.39 is 0 Å². The molecule has 5 heteroatoms. The lowest BCUT2D eigenvalue weighted by molar-refractivity contribution is 0.149. The Morgan fingerprint density at radius 1 is 0.963 bits per heavy atom. The fourth-order valence-electron chi connectivity index (χ4n) is 4.35. The van der Waals surface area contributed by atoms with Gasteiger partial charge < -0.3 is 15.4 Å². The van der Waals surface area contributed by atoms with Crippen LogP contribution in [0.25, 0.3) is 0 Å². The highest BCUT2D eigenvalue weighted by Gasteiger charge is 2.24. The van der Waals surface area contributed by atoms with E-state index in [9.17, 15) is 0 Å². The second kappa shape index (κ2) is 8.59. The van der Waals surface area contributed by atoms with Crippen LogP contribution in [0.1, 0.15) is 50.5 Å². The second-order valence-electron chi connectivity index (χ2n) is 7.91. The molecule has 2 heterocycles. The zero-order valence-electron chi connectivity index (χ0n) is 16.0. The molecule has 2 fully saturated rings. The summed E-state index contributed by atoms with van der Waals surface area (Å²) >= 11 is 0. The molecule has 1 aliphatic heterocycles. The molecule has 2 N–H and O–H groups in total. The number of hydrogen-bond donors (Lipinski definition) is 1. The first-order valence-corrected chi connectivity index (χ1v) is 10.4. The van der Waals surface area contributed by atoms with Gasteiger partial charge in [-0.3, -0.25) is 0 Å². The number of piperidine rings is 1. The molecular formula is C22H30N4O. The van der Waals surface area contributed by atoms with Gasteiger partial charge in [0.05, 0.1) is 0 Å². The summed E-state index contributed by atoms with van der Waals surface area (Å²) in [5.41, 5.74) is 8.43. The molecule has 0 unspecified atom stereocenters. The molecule has 1 saturated carbocycles. The Kier molecular flexibility index (Phi) is 5.75.